The van der Waals surface area contributed by atoms with Gasteiger partial charge in [-0.1, -0.05) is 5.73 Å². The maximum Gasteiger partial charge on any atom is 0.275 e. The normalized spacial score (nSPS) is 14.2. The van der Waals surface area contributed by atoms with E-state index in [9.17, 15) is 4.79 Å². The van der Waals surface area contributed by atoms with Crippen LogP contribution in [0, 0.1) is 11.3 Å². The van der Waals surface area contributed by atoms with Crippen molar-refractivity contribution in [1.29, 1.82) is 5.26 Å². The number of rotatable bonds is 1. The van der Waals surface area contributed by atoms with Crippen LogP contribution in [0.5, 0.6) is 0 Å². The average Bonchev–Trinajstić information content (AvgIpc) is 2.83. The van der Waals surface area contributed by atoms with Crippen LogP contribution in [0.3, 0.4) is 0 Å². The first kappa shape index (κ1) is 11.1. The van der Waals surface area contributed by atoms with Gasteiger partial charge in [0, 0.05) is 20.2 Å². The molecule has 2 rings (SSSR count). The van der Waals surface area contributed by atoms with Crippen LogP contribution < -0.4 is 5.56 Å². The number of hydrogen-bond acceptors (Lipinski definition) is 4. The second-order valence-electron chi connectivity index (χ2n) is 3.74. The molecule has 1 saturated heterocycles. The SMILES string of the molecule is CN1CCOC1=C=Cc1c(C#N)[nH]n(C)c1=O. The number of nitrogens with zero attached hydrogens (tertiary/aromatic N) is 3. The predicted octanol–water partition coefficient (Wildman–Crippen LogP) is 0.000580. The van der Waals surface area contributed by atoms with Gasteiger partial charge in [0.1, 0.15) is 18.4 Å². The molecule has 1 aliphatic rings. The van der Waals surface area contributed by atoms with Crippen molar-refractivity contribution in [2.45, 2.75) is 0 Å². The fourth-order valence-electron chi connectivity index (χ4n) is 1.56. The minimum atomic E-state index is -0.254. The first-order valence-electron chi connectivity index (χ1n) is 5.13. The zero-order valence-electron chi connectivity index (χ0n) is 9.65. The molecule has 1 aromatic rings. The summed E-state index contributed by atoms with van der Waals surface area (Å²) in [5, 5.41) is 11.5. The van der Waals surface area contributed by atoms with Gasteiger partial charge in [0.2, 0.25) is 5.88 Å². The van der Waals surface area contributed by atoms with E-state index in [0.29, 0.717) is 18.1 Å². The molecule has 0 spiro atoms. The number of ether oxygens (including phenoxy) is 1. The lowest BCUT2D eigenvalue weighted by Crippen LogP contribution is -2.13. The number of aromatic nitrogens is 2. The van der Waals surface area contributed by atoms with Crippen molar-refractivity contribution < 1.29 is 4.74 Å². The second kappa shape index (κ2) is 4.24. The van der Waals surface area contributed by atoms with Gasteiger partial charge in [0.05, 0.1) is 12.1 Å². The number of likely N-dealkylation sites (N-methyl/N-ethyl adjacent to an activating group) is 1. The first-order chi connectivity index (χ1) is 8.13. The van der Waals surface area contributed by atoms with E-state index in [1.54, 1.807) is 7.05 Å². The maximum atomic E-state index is 11.7. The third-order valence-corrected chi connectivity index (χ3v) is 2.55. The smallest absolute Gasteiger partial charge is 0.275 e. The summed E-state index contributed by atoms with van der Waals surface area (Å²) in [4.78, 5) is 13.6. The summed E-state index contributed by atoms with van der Waals surface area (Å²) in [6.45, 7) is 1.41. The van der Waals surface area contributed by atoms with E-state index in [1.165, 1.54) is 10.8 Å². The van der Waals surface area contributed by atoms with E-state index in [4.69, 9.17) is 10.00 Å². The van der Waals surface area contributed by atoms with Crippen molar-refractivity contribution in [3.05, 3.63) is 33.2 Å². The Kier molecular flexibility index (Phi) is 2.77. The predicted molar refractivity (Wildman–Crippen MR) is 60.8 cm³/mol. The monoisotopic (exact) mass is 232 g/mol. The zero-order chi connectivity index (χ0) is 12.4. The number of nitriles is 1. The summed E-state index contributed by atoms with van der Waals surface area (Å²) < 4.78 is 6.57. The summed E-state index contributed by atoms with van der Waals surface area (Å²) >= 11 is 0. The highest BCUT2D eigenvalue weighted by atomic mass is 16.5. The third-order valence-electron chi connectivity index (χ3n) is 2.55. The van der Waals surface area contributed by atoms with Gasteiger partial charge in [-0.3, -0.25) is 14.6 Å². The Labute approximate surface area is 98.0 Å². The van der Waals surface area contributed by atoms with Crippen molar-refractivity contribution in [3.8, 4) is 6.07 Å². The van der Waals surface area contributed by atoms with Gasteiger partial charge in [-0.05, 0) is 0 Å². The molecule has 0 radical (unpaired) electrons. The average molecular weight is 232 g/mol. The molecule has 0 bridgehead atoms. The third kappa shape index (κ3) is 1.96. The standard InChI is InChI=1S/C11H12N4O2/c1-14-5-6-17-10(14)4-3-8-9(7-12)13-15(2)11(8)16/h3,13H,5-6H2,1-2H3. The molecule has 0 amide bonds. The molecule has 1 aliphatic heterocycles. The van der Waals surface area contributed by atoms with Gasteiger partial charge in [0.25, 0.3) is 5.56 Å². The zero-order valence-corrected chi connectivity index (χ0v) is 9.65. The highest BCUT2D eigenvalue weighted by Crippen LogP contribution is 2.10. The van der Waals surface area contributed by atoms with Gasteiger partial charge in [-0.25, -0.2) is 0 Å². The molecule has 0 unspecified atom stereocenters. The molecular formula is C11H12N4O2. The molecule has 6 nitrogen and oxygen atoms in total. The summed E-state index contributed by atoms with van der Waals surface area (Å²) in [6.07, 6.45) is 1.48. The topological polar surface area (TPSA) is 74.0 Å². The fraction of sp³-hybridized carbons (Fsp3) is 0.364. The number of aryl methyl sites for hydroxylation is 1. The van der Waals surface area contributed by atoms with E-state index in [0.717, 1.165) is 6.54 Å². The summed E-state index contributed by atoms with van der Waals surface area (Å²) in [5.41, 5.74) is 3.16. The van der Waals surface area contributed by atoms with Crippen LogP contribution >= 0.6 is 0 Å². The minimum Gasteiger partial charge on any atom is -0.471 e. The molecule has 6 heteroatoms. The van der Waals surface area contributed by atoms with Crippen molar-refractivity contribution in [2.75, 3.05) is 20.2 Å². The highest BCUT2D eigenvalue weighted by molar-refractivity contribution is 5.54. The van der Waals surface area contributed by atoms with Crippen LogP contribution in [0.25, 0.3) is 6.08 Å². The summed E-state index contributed by atoms with van der Waals surface area (Å²) in [5.74, 6) is 0.581. The maximum absolute atomic E-state index is 11.7. The Morgan fingerprint density at radius 3 is 2.88 bits per heavy atom. The van der Waals surface area contributed by atoms with Crippen molar-refractivity contribution in [1.82, 2.24) is 14.7 Å². The molecule has 1 aromatic heterocycles. The quantitative estimate of drug-likeness (QED) is 0.692. The molecule has 1 N–H and O–H groups in total. The molecule has 0 aromatic carbocycles. The lowest BCUT2D eigenvalue weighted by atomic mass is 10.2. The Morgan fingerprint density at radius 2 is 2.29 bits per heavy atom. The Hall–Kier alpha value is -2.38. The van der Waals surface area contributed by atoms with Crippen LogP contribution in [0.2, 0.25) is 0 Å². The van der Waals surface area contributed by atoms with Crippen molar-refractivity contribution >= 4 is 6.08 Å². The van der Waals surface area contributed by atoms with Crippen LogP contribution in [0.15, 0.2) is 16.4 Å². The fourth-order valence-corrected chi connectivity index (χ4v) is 1.56. The Morgan fingerprint density at radius 1 is 1.53 bits per heavy atom. The van der Waals surface area contributed by atoms with E-state index < -0.39 is 0 Å². The van der Waals surface area contributed by atoms with Gasteiger partial charge in [-0.2, -0.15) is 5.26 Å². The van der Waals surface area contributed by atoms with Crippen LogP contribution in [-0.2, 0) is 11.8 Å². The van der Waals surface area contributed by atoms with Crippen LogP contribution in [-0.4, -0.2) is 34.9 Å². The molecule has 2 heterocycles. The molecular weight excluding hydrogens is 220 g/mol. The molecule has 0 saturated carbocycles. The highest BCUT2D eigenvalue weighted by Gasteiger charge is 2.13. The molecule has 17 heavy (non-hydrogen) atoms. The largest absolute Gasteiger partial charge is 0.471 e. The second-order valence-corrected chi connectivity index (χ2v) is 3.74. The number of H-pyrrole nitrogens is 1. The van der Waals surface area contributed by atoms with E-state index in [2.05, 4.69) is 10.8 Å². The number of nitrogens with one attached hydrogen (secondary N) is 1. The first-order valence-corrected chi connectivity index (χ1v) is 5.13. The van der Waals surface area contributed by atoms with E-state index in [1.807, 2.05) is 18.0 Å². The van der Waals surface area contributed by atoms with Crippen LogP contribution in [0.4, 0.5) is 0 Å². The van der Waals surface area contributed by atoms with Gasteiger partial charge in [-0.15, -0.1) is 0 Å². The Bertz CT molecular complexity index is 596. The minimum absolute atomic E-state index is 0.228. The number of aromatic amines is 1. The number of hydrogen-bond donors (Lipinski definition) is 1. The van der Waals surface area contributed by atoms with Gasteiger partial charge in [0.15, 0.2) is 0 Å². The lowest BCUT2D eigenvalue weighted by Gasteiger charge is -2.05. The van der Waals surface area contributed by atoms with Crippen molar-refractivity contribution in [3.63, 3.8) is 0 Å². The van der Waals surface area contributed by atoms with Gasteiger partial charge >= 0.3 is 0 Å². The van der Waals surface area contributed by atoms with Crippen molar-refractivity contribution in [2.24, 2.45) is 7.05 Å². The summed E-state index contributed by atoms with van der Waals surface area (Å²) in [6, 6.07) is 1.93. The summed E-state index contributed by atoms with van der Waals surface area (Å²) in [7, 11) is 3.44. The molecule has 0 aliphatic carbocycles. The van der Waals surface area contributed by atoms with Crippen LogP contribution in [0.1, 0.15) is 11.3 Å². The van der Waals surface area contributed by atoms with E-state index >= 15 is 0 Å². The Balaban J connectivity index is 2.47. The molecule has 1 fully saturated rings. The van der Waals surface area contributed by atoms with E-state index in [-0.39, 0.29) is 11.3 Å². The van der Waals surface area contributed by atoms with Gasteiger partial charge < -0.3 is 9.64 Å². The lowest BCUT2D eigenvalue weighted by molar-refractivity contribution is 0.246. The molecule has 88 valence electrons. The molecule has 0 atom stereocenters.